The topological polar surface area (TPSA) is 92.5 Å². The molecule has 0 saturated carbocycles. The van der Waals surface area contributed by atoms with Gasteiger partial charge in [0.05, 0.1) is 4.92 Å². The van der Waals surface area contributed by atoms with E-state index < -0.39 is 16.4 Å². The van der Waals surface area contributed by atoms with Gasteiger partial charge in [-0.3, -0.25) is 14.9 Å². The highest BCUT2D eigenvalue weighted by Crippen LogP contribution is 2.28. The molecule has 0 bridgehead atoms. The van der Waals surface area contributed by atoms with Crippen LogP contribution in [0.1, 0.15) is 0 Å². The number of hydrogen-bond donors (Lipinski definition) is 2. The second-order valence-corrected chi connectivity index (χ2v) is 2.22. The van der Waals surface area contributed by atoms with Crippen LogP contribution in [0, 0.1) is 10.1 Å². The largest absolute Gasteiger partial charge is 0.502 e. The predicted octanol–water partition coefficient (Wildman–Crippen LogP) is 0.869. The minimum absolute atomic E-state index is 0.263. The van der Waals surface area contributed by atoms with Gasteiger partial charge in [0.15, 0.2) is 5.75 Å². The third-order valence-corrected chi connectivity index (χ3v) is 1.40. The van der Waals surface area contributed by atoms with Crippen LogP contribution in [0.25, 0.3) is 0 Å². The summed E-state index contributed by atoms with van der Waals surface area (Å²) >= 11 is 0. The Bertz CT molecular complexity index is 350. The second-order valence-electron chi connectivity index (χ2n) is 2.22. The van der Waals surface area contributed by atoms with Crippen molar-refractivity contribution in [2.75, 3.05) is 5.32 Å². The van der Waals surface area contributed by atoms with Crippen LogP contribution in [-0.4, -0.2) is 16.4 Å². The Kier molecular flexibility index (Phi) is 2.44. The van der Waals surface area contributed by atoms with Gasteiger partial charge in [-0.25, -0.2) is 0 Å². The molecule has 1 amide bonds. The number of anilines is 1. The number of nitrogens with zero attached hydrogens (tertiary/aromatic N) is 1. The molecule has 0 aliphatic carbocycles. The van der Waals surface area contributed by atoms with E-state index in [4.69, 9.17) is 5.11 Å². The molecule has 0 aliphatic heterocycles. The van der Waals surface area contributed by atoms with E-state index in [1.807, 2.05) is 0 Å². The monoisotopic (exact) mass is 182 g/mol. The summed E-state index contributed by atoms with van der Waals surface area (Å²) in [6.07, 6.45) is 0.399. The molecule has 1 rings (SSSR count). The highest BCUT2D eigenvalue weighted by Gasteiger charge is 2.12. The number of aromatic hydroxyl groups is 1. The van der Waals surface area contributed by atoms with Crippen LogP contribution in [0.4, 0.5) is 11.4 Å². The molecule has 6 nitrogen and oxygen atoms in total. The van der Waals surface area contributed by atoms with Crippen molar-refractivity contribution in [1.82, 2.24) is 0 Å². The first-order valence-corrected chi connectivity index (χ1v) is 3.32. The smallest absolute Gasteiger partial charge is 0.312 e. The van der Waals surface area contributed by atoms with Gasteiger partial charge in [-0.05, 0) is 12.1 Å². The SMILES string of the molecule is O=CNc1ccc(O)c([N+](=O)[O-])c1. The molecule has 0 unspecified atom stereocenters. The highest BCUT2D eigenvalue weighted by atomic mass is 16.6. The van der Waals surface area contributed by atoms with Crippen molar-refractivity contribution in [3.05, 3.63) is 28.3 Å². The first-order chi connectivity index (χ1) is 6.15. The molecule has 0 radical (unpaired) electrons. The van der Waals surface area contributed by atoms with Crippen molar-refractivity contribution < 1.29 is 14.8 Å². The molecule has 6 heteroatoms. The summed E-state index contributed by atoms with van der Waals surface area (Å²) in [6, 6.07) is 3.57. The summed E-state index contributed by atoms with van der Waals surface area (Å²) < 4.78 is 0. The van der Waals surface area contributed by atoms with Crippen LogP contribution in [-0.2, 0) is 4.79 Å². The zero-order valence-electron chi connectivity index (χ0n) is 6.43. The molecule has 0 atom stereocenters. The van der Waals surface area contributed by atoms with Crippen molar-refractivity contribution in [3.8, 4) is 5.75 Å². The first-order valence-electron chi connectivity index (χ1n) is 3.32. The van der Waals surface area contributed by atoms with E-state index >= 15 is 0 Å². The summed E-state index contributed by atoms with van der Waals surface area (Å²) in [7, 11) is 0. The van der Waals surface area contributed by atoms with Gasteiger partial charge in [0.2, 0.25) is 6.41 Å². The lowest BCUT2D eigenvalue weighted by molar-refractivity contribution is -0.385. The molecule has 0 aliphatic rings. The molecular weight excluding hydrogens is 176 g/mol. The van der Waals surface area contributed by atoms with Gasteiger partial charge in [0.25, 0.3) is 0 Å². The van der Waals surface area contributed by atoms with Crippen LogP contribution < -0.4 is 5.32 Å². The second kappa shape index (κ2) is 3.53. The number of hydrogen-bond acceptors (Lipinski definition) is 4. The summed E-state index contributed by atoms with van der Waals surface area (Å²) in [6.45, 7) is 0. The van der Waals surface area contributed by atoms with E-state index in [1.165, 1.54) is 6.07 Å². The summed E-state index contributed by atoms with van der Waals surface area (Å²) in [5.41, 5.74) is -0.175. The lowest BCUT2D eigenvalue weighted by Gasteiger charge is -1.99. The fourth-order valence-electron chi connectivity index (χ4n) is 0.827. The quantitative estimate of drug-likeness (QED) is 0.314. The minimum Gasteiger partial charge on any atom is -0.502 e. The number of amides is 1. The van der Waals surface area contributed by atoms with E-state index in [-0.39, 0.29) is 5.69 Å². The first kappa shape index (κ1) is 8.98. The minimum atomic E-state index is -0.731. The van der Waals surface area contributed by atoms with E-state index in [0.29, 0.717) is 6.41 Å². The van der Waals surface area contributed by atoms with Crippen LogP contribution in [0.15, 0.2) is 18.2 Å². The van der Waals surface area contributed by atoms with Gasteiger partial charge in [-0.15, -0.1) is 0 Å². The third kappa shape index (κ3) is 1.92. The maximum absolute atomic E-state index is 10.3. The lowest BCUT2D eigenvalue weighted by atomic mass is 10.2. The maximum Gasteiger partial charge on any atom is 0.312 e. The van der Waals surface area contributed by atoms with Gasteiger partial charge in [0, 0.05) is 11.8 Å². The Morgan fingerprint density at radius 2 is 2.23 bits per heavy atom. The molecule has 0 aromatic heterocycles. The number of carbonyl (C=O) groups is 1. The molecule has 0 heterocycles. The maximum atomic E-state index is 10.3. The Morgan fingerprint density at radius 1 is 1.54 bits per heavy atom. The number of benzene rings is 1. The zero-order valence-corrected chi connectivity index (χ0v) is 6.43. The number of nitrogens with one attached hydrogen (secondary N) is 1. The van der Waals surface area contributed by atoms with Crippen molar-refractivity contribution in [3.63, 3.8) is 0 Å². The van der Waals surface area contributed by atoms with E-state index in [0.717, 1.165) is 12.1 Å². The van der Waals surface area contributed by atoms with Crippen LogP contribution in [0.5, 0.6) is 5.75 Å². The van der Waals surface area contributed by atoms with Gasteiger partial charge < -0.3 is 10.4 Å². The summed E-state index contributed by atoms with van der Waals surface area (Å²) in [5, 5.41) is 21.6. The van der Waals surface area contributed by atoms with E-state index in [2.05, 4.69) is 5.32 Å². The fourth-order valence-corrected chi connectivity index (χ4v) is 0.827. The van der Waals surface area contributed by atoms with Gasteiger partial charge >= 0.3 is 5.69 Å². The summed E-state index contributed by atoms with van der Waals surface area (Å²) in [5.74, 6) is -0.429. The highest BCUT2D eigenvalue weighted by molar-refractivity contribution is 5.73. The molecule has 68 valence electrons. The van der Waals surface area contributed by atoms with Gasteiger partial charge in [0.1, 0.15) is 0 Å². The molecule has 13 heavy (non-hydrogen) atoms. The molecule has 1 aromatic carbocycles. The van der Waals surface area contributed by atoms with E-state index in [1.54, 1.807) is 0 Å². The average Bonchev–Trinajstić information content (AvgIpc) is 2.08. The third-order valence-electron chi connectivity index (χ3n) is 1.40. The van der Waals surface area contributed by atoms with Crippen molar-refractivity contribution >= 4 is 17.8 Å². The number of phenolic OH excluding ortho intramolecular Hbond substituents is 1. The van der Waals surface area contributed by atoms with Gasteiger partial charge in [-0.2, -0.15) is 0 Å². The average molecular weight is 182 g/mol. The van der Waals surface area contributed by atoms with Crippen LogP contribution >= 0.6 is 0 Å². The standard InChI is InChI=1S/C7H6N2O4/c10-4-8-5-1-2-7(11)6(3-5)9(12)13/h1-4,11H,(H,8,10). The van der Waals surface area contributed by atoms with Crippen LogP contribution in [0.3, 0.4) is 0 Å². The molecule has 0 fully saturated rings. The Hall–Kier alpha value is -2.11. The molecule has 0 saturated heterocycles. The van der Waals surface area contributed by atoms with Crippen LogP contribution in [0.2, 0.25) is 0 Å². The van der Waals surface area contributed by atoms with E-state index in [9.17, 15) is 14.9 Å². The molecule has 2 N–H and O–H groups in total. The molecule has 1 aromatic rings. The Labute approximate surface area is 73.0 Å². The predicted molar refractivity (Wildman–Crippen MR) is 44.4 cm³/mol. The van der Waals surface area contributed by atoms with Crippen molar-refractivity contribution in [2.45, 2.75) is 0 Å². The zero-order chi connectivity index (χ0) is 9.84. The Balaban J connectivity index is 3.10. The number of carbonyl (C=O) groups excluding carboxylic acids is 1. The Morgan fingerprint density at radius 3 is 2.77 bits per heavy atom. The number of rotatable bonds is 3. The number of nitro groups is 1. The normalized spacial score (nSPS) is 9.23. The van der Waals surface area contributed by atoms with Crippen molar-refractivity contribution in [1.29, 1.82) is 0 Å². The summed E-state index contributed by atoms with van der Waals surface area (Å²) in [4.78, 5) is 19.6. The van der Waals surface area contributed by atoms with Crippen molar-refractivity contribution in [2.24, 2.45) is 0 Å². The number of nitro benzene ring substituents is 1. The molecular formula is C7H6N2O4. The fraction of sp³-hybridized carbons (Fsp3) is 0. The lowest BCUT2D eigenvalue weighted by Crippen LogP contribution is -1.95. The molecule has 0 spiro atoms. The van der Waals surface area contributed by atoms with Gasteiger partial charge in [-0.1, -0.05) is 0 Å². The number of phenols is 1.